The summed E-state index contributed by atoms with van der Waals surface area (Å²) in [6, 6.07) is 12.8. The van der Waals surface area contributed by atoms with Crippen LogP contribution >= 0.6 is 0 Å². The third kappa shape index (κ3) is 2.96. The Balaban J connectivity index is 2.03. The molecule has 0 fully saturated rings. The lowest BCUT2D eigenvalue weighted by molar-refractivity contribution is 0.585. The van der Waals surface area contributed by atoms with Crippen molar-refractivity contribution < 1.29 is 13.2 Å². The van der Waals surface area contributed by atoms with Gasteiger partial charge in [-0.05, 0) is 64.7 Å². The average molecular weight is 362 g/mol. The molecule has 2 nitrogen and oxygen atoms in total. The highest BCUT2D eigenvalue weighted by atomic mass is 19.1. The maximum absolute atomic E-state index is 14.5. The Morgan fingerprint density at radius 2 is 1.67 bits per heavy atom. The highest BCUT2D eigenvalue weighted by Gasteiger charge is 2.21. The number of rotatable bonds is 2. The third-order valence-corrected chi connectivity index (χ3v) is 4.62. The second kappa shape index (κ2) is 6.33. The number of hydrogen-bond acceptors (Lipinski definition) is 2. The maximum atomic E-state index is 14.5. The van der Waals surface area contributed by atoms with Gasteiger partial charge in [0.1, 0.15) is 17.5 Å². The van der Waals surface area contributed by atoms with Crippen LogP contribution in [-0.4, -0.2) is 0 Å². The molecule has 0 spiro atoms. The first kappa shape index (κ1) is 16.9. The normalized spacial score (nSPS) is 12.4. The van der Waals surface area contributed by atoms with Crippen LogP contribution in [0.3, 0.4) is 0 Å². The summed E-state index contributed by atoms with van der Waals surface area (Å²) in [6.45, 7) is 4.49. The van der Waals surface area contributed by atoms with Crippen LogP contribution in [0.1, 0.15) is 16.7 Å². The fraction of sp³-hybridized carbons (Fsp3) is 0.0455. The van der Waals surface area contributed by atoms with Crippen molar-refractivity contribution in [3.8, 4) is 28.3 Å². The summed E-state index contributed by atoms with van der Waals surface area (Å²) < 4.78 is 41.9. The van der Waals surface area contributed by atoms with Crippen LogP contribution in [0.5, 0.6) is 0 Å². The number of nitrogens with zero attached hydrogens (tertiary/aromatic N) is 1. The standard InChI is InChI=1S/C22H13F3N2/c1-12-19-9-21(18-3-2-16(23)8-22(18)25)20(7-15(19)11-27-12)14-4-13(10-26)5-17(24)6-14/h2-9,27H,1,11H2. The lowest BCUT2D eigenvalue weighted by Crippen LogP contribution is -1.98. The van der Waals surface area contributed by atoms with E-state index < -0.39 is 17.5 Å². The van der Waals surface area contributed by atoms with Crippen molar-refractivity contribution in [2.75, 3.05) is 0 Å². The second-order valence-corrected chi connectivity index (χ2v) is 6.35. The Hall–Kier alpha value is -3.52. The predicted octanol–water partition coefficient (Wildman–Crippen LogP) is 5.38. The minimum atomic E-state index is -0.718. The molecule has 1 N–H and O–H groups in total. The Morgan fingerprint density at radius 3 is 2.41 bits per heavy atom. The summed E-state index contributed by atoms with van der Waals surface area (Å²) in [5.41, 5.74) is 4.31. The zero-order valence-corrected chi connectivity index (χ0v) is 14.1. The zero-order chi connectivity index (χ0) is 19.1. The summed E-state index contributed by atoms with van der Waals surface area (Å²) in [7, 11) is 0. The van der Waals surface area contributed by atoms with Gasteiger partial charge in [-0.15, -0.1) is 0 Å². The van der Waals surface area contributed by atoms with Crippen LogP contribution in [0, 0.1) is 28.8 Å². The van der Waals surface area contributed by atoms with Crippen LogP contribution in [0.25, 0.3) is 28.0 Å². The number of nitriles is 1. The van der Waals surface area contributed by atoms with Gasteiger partial charge in [-0.2, -0.15) is 5.26 Å². The highest BCUT2D eigenvalue weighted by Crippen LogP contribution is 2.39. The number of hydrogen-bond donors (Lipinski definition) is 1. The fourth-order valence-electron chi connectivity index (χ4n) is 3.35. The zero-order valence-electron chi connectivity index (χ0n) is 14.1. The summed E-state index contributed by atoms with van der Waals surface area (Å²) >= 11 is 0. The lowest BCUT2D eigenvalue weighted by Gasteiger charge is -2.14. The minimum absolute atomic E-state index is 0.165. The van der Waals surface area contributed by atoms with E-state index in [4.69, 9.17) is 5.26 Å². The molecule has 0 bridgehead atoms. The van der Waals surface area contributed by atoms with Crippen LogP contribution in [-0.2, 0) is 6.54 Å². The van der Waals surface area contributed by atoms with E-state index in [1.807, 2.05) is 12.1 Å². The van der Waals surface area contributed by atoms with Crippen LogP contribution in [0.15, 0.2) is 55.1 Å². The largest absolute Gasteiger partial charge is 0.381 e. The minimum Gasteiger partial charge on any atom is -0.381 e. The average Bonchev–Trinajstić information content (AvgIpc) is 3.00. The van der Waals surface area contributed by atoms with Gasteiger partial charge in [0.25, 0.3) is 0 Å². The monoisotopic (exact) mass is 362 g/mol. The quantitative estimate of drug-likeness (QED) is 0.664. The van der Waals surface area contributed by atoms with Gasteiger partial charge in [0.2, 0.25) is 0 Å². The molecule has 27 heavy (non-hydrogen) atoms. The van der Waals surface area contributed by atoms with Gasteiger partial charge in [0, 0.05) is 29.4 Å². The van der Waals surface area contributed by atoms with Crippen LogP contribution in [0.2, 0.25) is 0 Å². The first-order valence-corrected chi connectivity index (χ1v) is 8.23. The summed E-state index contributed by atoms with van der Waals surface area (Å²) in [5.74, 6) is -1.95. The number of nitrogens with one attached hydrogen (secondary N) is 1. The Labute approximate surface area is 154 Å². The molecule has 0 saturated heterocycles. The molecule has 0 unspecified atom stereocenters. The smallest absolute Gasteiger partial charge is 0.133 e. The first-order chi connectivity index (χ1) is 13.0. The van der Waals surface area contributed by atoms with Gasteiger partial charge in [-0.25, -0.2) is 13.2 Å². The van der Waals surface area contributed by atoms with Gasteiger partial charge < -0.3 is 5.32 Å². The van der Waals surface area contributed by atoms with Gasteiger partial charge in [-0.1, -0.05) is 6.58 Å². The maximum Gasteiger partial charge on any atom is 0.133 e. The molecule has 3 aromatic rings. The summed E-state index contributed by atoms with van der Waals surface area (Å²) in [5, 5.41) is 12.3. The molecule has 132 valence electrons. The van der Waals surface area contributed by atoms with Crippen molar-refractivity contribution in [3.05, 3.63) is 89.3 Å². The molecule has 1 heterocycles. The number of fused-ring (bicyclic) bond motifs is 1. The van der Waals surface area contributed by atoms with Gasteiger partial charge in [0.15, 0.2) is 0 Å². The van der Waals surface area contributed by atoms with Crippen molar-refractivity contribution in [1.82, 2.24) is 5.32 Å². The molecule has 4 rings (SSSR count). The van der Waals surface area contributed by atoms with E-state index >= 15 is 0 Å². The molecule has 0 saturated carbocycles. The van der Waals surface area contributed by atoms with Crippen molar-refractivity contribution in [3.63, 3.8) is 0 Å². The highest BCUT2D eigenvalue weighted by molar-refractivity contribution is 5.88. The van der Waals surface area contributed by atoms with Crippen molar-refractivity contribution in [2.24, 2.45) is 0 Å². The molecular weight excluding hydrogens is 349 g/mol. The van der Waals surface area contributed by atoms with E-state index in [2.05, 4.69) is 11.9 Å². The molecular formula is C22H13F3N2. The molecule has 3 aromatic carbocycles. The summed E-state index contributed by atoms with van der Waals surface area (Å²) in [4.78, 5) is 0. The SMILES string of the molecule is C=C1NCc2cc(-c3cc(F)cc(C#N)c3)c(-c3ccc(F)cc3F)cc21. The topological polar surface area (TPSA) is 35.8 Å². The Bertz CT molecular complexity index is 1140. The van der Waals surface area contributed by atoms with Crippen LogP contribution < -0.4 is 5.32 Å². The molecule has 1 aliphatic rings. The second-order valence-electron chi connectivity index (χ2n) is 6.35. The van der Waals surface area contributed by atoms with E-state index in [0.717, 1.165) is 23.3 Å². The third-order valence-electron chi connectivity index (χ3n) is 4.62. The van der Waals surface area contributed by atoms with Gasteiger partial charge in [-0.3, -0.25) is 0 Å². The van der Waals surface area contributed by atoms with E-state index in [0.29, 0.717) is 28.9 Å². The molecule has 0 radical (unpaired) electrons. The Morgan fingerprint density at radius 1 is 0.852 bits per heavy atom. The molecule has 0 amide bonds. The van der Waals surface area contributed by atoms with E-state index in [1.165, 1.54) is 18.2 Å². The van der Waals surface area contributed by atoms with Gasteiger partial charge in [0.05, 0.1) is 11.6 Å². The van der Waals surface area contributed by atoms with Crippen molar-refractivity contribution in [2.45, 2.75) is 6.54 Å². The van der Waals surface area contributed by atoms with E-state index in [-0.39, 0.29) is 11.1 Å². The summed E-state index contributed by atoms with van der Waals surface area (Å²) in [6.07, 6.45) is 0. The first-order valence-electron chi connectivity index (χ1n) is 8.23. The molecule has 1 aliphatic heterocycles. The van der Waals surface area contributed by atoms with Crippen molar-refractivity contribution in [1.29, 1.82) is 5.26 Å². The van der Waals surface area contributed by atoms with E-state index in [9.17, 15) is 13.2 Å². The predicted molar refractivity (Wildman–Crippen MR) is 97.8 cm³/mol. The Kier molecular flexibility index (Phi) is 3.97. The van der Waals surface area contributed by atoms with Crippen LogP contribution in [0.4, 0.5) is 13.2 Å². The van der Waals surface area contributed by atoms with E-state index in [1.54, 1.807) is 12.1 Å². The van der Waals surface area contributed by atoms with Crippen molar-refractivity contribution >= 4 is 5.70 Å². The molecule has 5 heteroatoms. The molecule has 0 aromatic heterocycles. The number of halogens is 3. The molecule has 0 aliphatic carbocycles. The molecule has 0 atom stereocenters. The number of benzene rings is 3. The lowest BCUT2D eigenvalue weighted by atomic mass is 9.89. The van der Waals surface area contributed by atoms with Gasteiger partial charge >= 0.3 is 0 Å². The fourth-order valence-corrected chi connectivity index (χ4v) is 3.35.